The summed E-state index contributed by atoms with van der Waals surface area (Å²) in [5.74, 6) is 2.62. The number of hydrogen-bond acceptors (Lipinski definition) is 1. The molecule has 1 saturated carbocycles. The molecule has 4 unspecified atom stereocenters. The molecule has 0 amide bonds. The van der Waals surface area contributed by atoms with Crippen LogP contribution in [-0.4, -0.2) is 12.6 Å². The molecule has 1 nitrogen and oxygen atoms in total. The minimum atomic E-state index is 0.640. The molecule has 21 heavy (non-hydrogen) atoms. The van der Waals surface area contributed by atoms with Gasteiger partial charge in [-0.15, -0.1) is 0 Å². The molecule has 1 aliphatic rings. The molecule has 1 aromatic rings. The third-order valence-corrected chi connectivity index (χ3v) is 5.76. The average molecular weight is 352 g/mol. The molecule has 118 valence electrons. The van der Waals surface area contributed by atoms with Crippen molar-refractivity contribution >= 4 is 15.9 Å². The van der Waals surface area contributed by atoms with Crippen LogP contribution < -0.4 is 5.32 Å². The average Bonchev–Trinajstić information content (AvgIpc) is 2.48. The number of benzene rings is 1. The van der Waals surface area contributed by atoms with E-state index in [4.69, 9.17) is 0 Å². The van der Waals surface area contributed by atoms with Crippen LogP contribution in [0.15, 0.2) is 28.7 Å². The molecule has 0 spiro atoms. The third kappa shape index (κ3) is 5.10. The Balaban J connectivity index is 2.01. The van der Waals surface area contributed by atoms with Gasteiger partial charge in [-0.25, -0.2) is 0 Å². The minimum Gasteiger partial charge on any atom is -0.313 e. The fourth-order valence-corrected chi connectivity index (χ4v) is 3.83. The van der Waals surface area contributed by atoms with E-state index in [1.54, 1.807) is 0 Å². The van der Waals surface area contributed by atoms with Crippen LogP contribution in [0.3, 0.4) is 0 Å². The third-order valence-electron chi connectivity index (χ3n) is 5.23. The van der Waals surface area contributed by atoms with Crippen molar-refractivity contribution in [3.8, 4) is 0 Å². The summed E-state index contributed by atoms with van der Waals surface area (Å²) in [5.41, 5.74) is 1.46. The van der Waals surface area contributed by atoms with Gasteiger partial charge in [-0.1, -0.05) is 55.3 Å². The smallest absolute Gasteiger partial charge is 0.0175 e. The Morgan fingerprint density at radius 3 is 2.48 bits per heavy atom. The fourth-order valence-electron chi connectivity index (χ4n) is 3.56. The molecule has 0 aromatic heterocycles. The van der Waals surface area contributed by atoms with Crippen molar-refractivity contribution < 1.29 is 0 Å². The van der Waals surface area contributed by atoms with Gasteiger partial charge in [0.25, 0.3) is 0 Å². The van der Waals surface area contributed by atoms with E-state index in [1.165, 1.54) is 42.1 Å². The number of hydrogen-bond donors (Lipinski definition) is 1. The Hall–Kier alpha value is -0.340. The summed E-state index contributed by atoms with van der Waals surface area (Å²) in [6.07, 6.45) is 6.56. The van der Waals surface area contributed by atoms with E-state index in [0.29, 0.717) is 6.04 Å². The van der Waals surface area contributed by atoms with E-state index in [1.807, 2.05) is 0 Å². The molecule has 0 heterocycles. The molecular weight excluding hydrogens is 322 g/mol. The SMILES string of the molecule is CCCNC(Cc1ccc(Br)cc1)C1CCC(C)C(C)C1. The van der Waals surface area contributed by atoms with Crippen LogP contribution in [0, 0.1) is 17.8 Å². The van der Waals surface area contributed by atoms with Crippen molar-refractivity contribution in [1.82, 2.24) is 5.32 Å². The van der Waals surface area contributed by atoms with Gasteiger partial charge in [0.15, 0.2) is 0 Å². The summed E-state index contributed by atoms with van der Waals surface area (Å²) in [6, 6.07) is 9.50. The van der Waals surface area contributed by atoms with Crippen molar-refractivity contribution in [2.45, 2.75) is 58.9 Å². The second-order valence-electron chi connectivity index (χ2n) is 6.92. The summed E-state index contributed by atoms with van der Waals surface area (Å²) < 4.78 is 1.17. The highest BCUT2D eigenvalue weighted by atomic mass is 79.9. The molecule has 1 aliphatic carbocycles. The van der Waals surface area contributed by atoms with Gasteiger partial charge in [0.1, 0.15) is 0 Å². The summed E-state index contributed by atoms with van der Waals surface area (Å²) in [5, 5.41) is 3.83. The molecular formula is C19H30BrN. The maximum atomic E-state index is 3.83. The van der Waals surface area contributed by atoms with E-state index in [0.717, 1.165) is 24.3 Å². The molecule has 0 radical (unpaired) electrons. The van der Waals surface area contributed by atoms with Crippen LogP contribution in [0.2, 0.25) is 0 Å². The summed E-state index contributed by atoms with van der Waals surface area (Å²) in [4.78, 5) is 0. The van der Waals surface area contributed by atoms with Gasteiger partial charge in [0, 0.05) is 10.5 Å². The summed E-state index contributed by atoms with van der Waals surface area (Å²) >= 11 is 3.53. The fraction of sp³-hybridized carbons (Fsp3) is 0.684. The highest BCUT2D eigenvalue weighted by molar-refractivity contribution is 9.10. The highest BCUT2D eigenvalue weighted by Gasteiger charge is 2.29. The quantitative estimate of drug-likeness (QED) is 0.720. The zero-order valence-corrected chi connectivity index (χ0v) is 15.3. The largest absolute Gasteiger partial charge is 0.313 e. The zero-order chi connectivity index (χ0) is 15.2. The van der Waals surface area contributed by atoms with Crippen LogP contribution in [0.4, 0.5) is 0 Å². The van der Waals surface area contributed by atoms with Gasteiger partial charge >= 0.3 is 0 Å². The molecule has 0 aliphatic heterocycles. The van der Waals surface area contributed by atoms with Gasteiger partial charge in [0.2, 0.25) is 0 Å². The summed E-state index contributed by atoms with van der Waals surface area (Å²) in [6.45, 7) is 8.26. The van der Waals surface area contributed by atoms with Gasteiger partial charge in [-0.3, -0.25) is 0 Å². The van der Waals surface area contributed by atoms with Crippen LogP contribution in [0.1, 0.15) is 52.0 Å². The first kappa shape index (κ1) is 17.0. The van der Waals surface area contributed by atoms with Crippen LogP contribution in [0.25, 0.3) is 0 Å². The lowest BCUT2D eigenvalue weighted by Crippen LogP contribution is -2.41. The Bertz CT molecular complexity index is 414. The number of halogens is 1. The molecule has 1 fully saturated rings. The normalized spacial score (nSPS) is 27.5. The Labute approximate surface area is 139 Å². The van der Waals surface area contributed by atoms with E-state index in [-0.39, 0.29) is 0 Å². The lowest BCUT2D eigenvalue weighted by atomic mass is 9.72. The number of rotatable bonds is 6. The molecule has 4 atom stereocenters. The second-order valence-corrected chi connectivity index (χ2v) is 7.83. The zero-order valence-electron chi connectivity index (χ0n) is 13.7. The van der Waals surface area contributed by atoms with Crippen LogP contribution in [0.5, 0.6) is 0 Å². The van der Waals surface area contributed by atoms with Gasteiger partial charge in [-0.2, -0.15) is 0 Å². The van der Waals surface area contributed by atoms with E-state index in [9.17, 15) is 0 Å². The maximum Gasteiger partial charge on any atom is 0.0175 e. The van der Waals surface area contributed by atoms with E-state index < -0.39 is 0 Å². The monoisotopic (exact) mass is 351 g/mol. The van der Waals surface area contributed by atoms with Crippen molar-refractivity contribution in [2.24, 2.45) is 17.8 Å². The first-order valence-corrected chi connectivity index (χ1v) is 9.37. The lowest BCUT2D eigenvalue weighted by Gasteiger charge is -2.37. The van der Waals surface area contributed by atoms with Crippen LogP contribution in [-0.2, 0) is 6.42 Å². The molecule has 2 rings (SSSR count). The predicted molar refractivity (Wildman–Crippen MR) is 95.6 cm³/mol. The molecule has 0 bridgehead atoms. The van der Waals surface area contributed by atoms with Gasteiger partial charge in [-0.05, 0) is 67.7 Å². The lowest BCUT2D eigenvalue weighted by molar-refractivity contribution is 0.170. The second kappa shape index (κ2) is 8.33. The van der Waals surface area contributed by atoms with Crippen LogP contribution >= 0.6 is 15.9 Å². The topological polar surface area (TPSA) is 12.0 Å². The Morgan fingerprint density at radius 2 is 1.86 bits per heavy atom. The standard InChI is InChI=1S/C19H30BrN/c1-4-11-21-19(13-16-6-9-18(20)10-7-16)17-8-5-14(2)15(3)12-17/h6-7,9-10,14-15,17,19,21H,4-5,8,11-13H2,1-3H3. The molecule has 1 aromatic carbocycles. The first-order chi connectivity index (χ1) is 10.1. The van der Waals surface area contributed by atoms with Gasteiger partial charge in [0.05, 0.1) is 0 Å². The molecule has 2 heteroatoms. The summed E-state index contributed by atoms with van der Waals surface area (Å²) in [7, 11) is 0. The Kier molecular flexibility index (Phi) is 6.75. The first-order valence-electron chi connectivity index (χ1n) is 8.58. The number of nitrogens with one attached hydrogen (secondary N) is 1. The van der Waals surface area contributed by atoms with Crippen molar-refractivity contribution in [3.05, 3.63) is 34.3 Å². The van der Waals surface area contributed by atoms with Crippen molar-refractivity contribution in [2.75, 3.05) is 6.54 Å². The Morgan fingerprint density at radius 1 is 1.14 bits per heavy atom. The van der Waals surface area contributed by atoms with Gasteiger partial charge < -0.3 is 5.32 Å². The maximum absolute atomic E-state index is 3.83. The molecule has 1 N–H and O–H groups in total. The van der Waals surface area contributed by atoms with E-state index >= 15 is 0 Å². The van der Waals surface area contributed by atoms with Crippen molar-refractivity contribution in [1.29, 1.82) is 0 Å². The minimum absolute atomic E-state index is 0.640. The highest BCUT2D eigenvalue weighted by Crippen LogP contribution is 2.35. The van der Waals surface area contributed by atoms with E-state index in [2.05, 4.69) is 66.3 Å². The predicted octanol–water partition coefficient (Wildman–Crippen LogP) is 5.43. The molecule has 0 saturated heterocycles. The van der Waals surface area contributed by atoms with Crippen molar-refractivity contribution in [3.63, 3.8) is 0 Å².